The maximum absolute atomic E-state index is 5.94. The third-order valence-corrected chi connectivity index (χ3v) is 3.92. The number of rotatable bonds is 2. The van der Waals surface area contributed by atoms with Crippen LogP contribution in [0.3, 0.4) is 0 Å². The van der Waals surface area contributed by atoms with Gasteiger partial charge in [-0.05, 0) is 54.6 Å². The molecule has 0 bridgehead atoms. The topological polar surface area (TPSA) is 22.1 Å². The highest BCUT2D eigenvalue weighted by Gasteiger charge is 2.14. The van der Waals surface area contributed by atoms with E-state index in [1.165, 1.54) is 38.5 Å². The molecule has 0 saturated heterocycles. The predicted molar refractivity (Wildman–Crippen MR) is 68.8 cm³/mol. The van der Waals surface area contributed by atoms with Crippen molar-refractivity contribution in [3.8, 4) is 5.88 Å². The summed E-state index contributed by atoms with van der Waals surface area (Å²) in [5.41, 5.74) is 0.992. The Balaban J connectivity index is 1.99. The molecule has 1 aromatic rings. The van der Waals surface area contributed by atoms with Gasteiger partial charge in [0.2, 0.25) is 5.88 Å². The van der Waals surface area contributed by atoms with Gasteiger partial charge in [0.1, 0.15) is 6.10 Å². The molecular weight excluding hydrogens is 266 g/mol. The number of ether oxygens (including phenoxy) is 1. The second-order valence-electron chi connectivity index (χ2n) is 4.45. The van der Waals surface area contributed by atoms with Crippen molar-refractivity contribution in [2.45, 2.75) is 51.6 Å². The molecule has 88 valence electrons. The van der Waals surface area contributed by atoms with Crippen molar-refractivity contribution in [1.29, 1.82) is 0 Å². The molecule has 0 aliphatic heterocycles. The van der Waals surface area contributed by atoms with Gasteiger partial charge < -0.3 is 4.74 Å². The van der Waals surface area contributed by atoms with E-state index in [0.29, 0.717) is 6.10 Å². The Bertz CT molecular complexity index is 346. The van der Waals surface area contributed by atoms with Crippen molar-refractivity contribution in [3.05, 3.63) is 22.3 Å². The highest BCUT2D eigenvalue weighted by Crippen LogP contribution is 2.23. The lowest BCUT2D eigenvalue weighted by atomic mass is 10.1. The summed E-state index contributed by atoms with van der Waals surface area (Å²) in [6, 6.07) is 3.95. The van der Waals surface area contributed by atoms with Crippen LogP contribution in [0.4, 0.5) is 0 Å². The first-order valence-corrected chi connectivity index (χ1v) is 6.85. The van der Waals surface area contributed by atoms with Gasteiger partial charge in [0.25, 0.3) is 0 Å². The number of hydrogen-bond donors (Lipinski definition) is 0. The molecule has 2 nitrogen and oxygen atoms in total. The van der Waals surface area contributed by atoms with Gasteiger partial charge in [0.15, 0.2) is 0 Å². The summed E-state index contributed by atoms with van der Waals surface area (Å²) >= 11 is 3.45. The Kier molecular flexibility index (Phi) is 4.22. The molecule has 1 saturated carbocycles. The molecule has 0 N–H and O–H groups in total. The van der Waals surface area contributed by atoms with Crippen molar-refractivity contribution in [2.75, 3.05) is 0 Å². The van der Waals surface area contributed by atoms with E-state index < -0.39 is 0 Å². The van der Waals surface area contributed by atoms with E-state index in [2.05, 4.69) is 20.9 Å². The molecule has 1 heterocycles. The highest BCUT2D eigenvalue weighted by atomic mass is 79.9. The second kappa shape index (κ2) is 5.67. The van der Waals surface area contributed by atoms with Crippen LogP contribution in [-0.4, -0.2) is 11.1 Å². The monoisotopic (exact) mass is 283 g/mol. The molecule has 0 spiro atoms. The Hall–Kier alpha value is -0.570. The molecule has 0 atom stereocenters. The number of pyridine rings is 1. The van der Waals surface area contributed by atoms with Crippen molar-refractivity contribution in [1.82, 2.24) is 4.98 Å². The Morgan fingerprint density at radius 2 is 1.88 bits per heavy atom. The molecule has 1 aliphatic rings. The molecule has 16 heavy (non-hydrogen) atoms. The van der Waals surface area contributed by atoms with Gasteiger partial charge in [-0.25, -0.2) is 4.98 Å². The zero-order valence-electron chi connectivity index (χ0n) is 9.71. The molecule has 0 radical (unpaired) electrons. The lowest BCUT2D eigenvalue weighted by molar-refractivity contribution is 0.176. The van der Waals surface area contributed by atoms with Crippen molar-refractivity contribution in [2.24, 2.45) is 0 Å². The number of halogens is 1. The lowest BCUT2D eigenvalue weighted by Gasteiger charge is -2.16. The largest absolute Gasteiger partial charge is 0.474 e. The summed E-state index contributed by atoms with van der Waals surface area (Å²) < 4.78 is 6.98. The number of aryl methyl sites for hydroxylation is 1. The molecule has 0 amide bonds. The van der Waals surface area contributed by atoms with Crippen LogP contribution < -0.4 is 4.74 Å². The zero-order valence-corrected chi connectivity index (χ0v) is 11.3. The number of aromatic nitrogens is 1. The van der Waals surface area contributed by atoms with Crippen molar-refractivity contribution < 1.29 is 4.74 Å². The highest BCUT2D eigenvalue weighted by molar-refractivity contribution is 9.10. The third kappa shape index (κ3) is 3.21. The predicted octanol–water partition coefficient (Wildman–Crippen LogP) is 4.25. The molecule has 1 fully saturated rings. The summed E-state index contributed by atoms with van der Waals surface area (Å²) in [6.45, 7) is 1.99. The van der Waals surface area contributed by atoms with Crippen LogP contribution in [0.2, 0.25) is 0 Å². The van der Waals surface area contributed by atoms with Crippen molar-refractivity contribution in [3.63, 3.8) is 0 Å². The summed E-state index contributed by atoms with van der Waals surface area (Å²) in [7, 11) is 0. The van der Waals surface area contributed by atoms with E-state index in [1.807, 2.05) is 19.1 Å². The van der Waals surface area contributed by atoms with Crippen LogP contribution in [0, 0.1) is 6.92 Å². The van der Waals surface area contributed by atoms with Gasteiger partial charge in [-0.1, -0.05) is 12.8 Å². The van der Waals surface area contributed by atoms with Gasteiger partial charge in [-0.2, -0.15) is 0 Å². The molecule has 1 aromatic heterocycles. The molecule has 3 heteroatoms. The van der Waals surface area contributed by atoms with E-state index in [0.717, 1.165) is 16.0 Å². The molecule has 2 rings (SSSR count). The third-order valence-electron chi connectivity index (χ3n) is 3.09. The first kappa shape index (κ1) is 11.9. The zero-order chi connectivity index (χ0) is 11.4. The van der Waals surface area contributed by atoms with E-state index in [1.54, 1.807) is 0 Å². The Morgan fingerprint density at radius 3 is 2.50 bits per heavy atom. The summed E-state index contributed by atoms with van der Waals surface area (Å²) in [6.07, 6.45) is 8.02. The van der Waals surface area contributed by atoms with E-state index in [4.69, 9.17) is 4.74 Å². The van der Waals surface area contributed by atoms with Gasteiger partial charge >= 0.3 is 0 Å². The fraction of sp³-hybridized carbons (Fsp3) is 0.615. The van der Waals surface area contributed by atoms with E-state index >= 15 is 0 Å². The molecule has 0 aromatic carbocycles. The second-order valence-corrected chi connectivity index (χ2v) is 5.30. The smallest absolute Gasteiger partial charge is 0.213 e. The minimum atomic E-state index is 0.371. The van der Waals surface area contributed by atoms with Gasteiger partial charge in [-0.15, -0.1) is 0 Å². The fourth-order valence-corrected chi connectivity index (χ4v) is 2.34. The molecule has 1 aliphatic carbocycles. The lowest BCUT2D eigenvalue weighted by Crippen LogP contribution is -2.15. The van der Waals surface area contributed by atoms with Crippen LogP contribution in [0.1, 0.15) is 44.2 Å². The molecular formula is C13H18BrNO. The van der Waals surface area contributed by atoms with Crippen LogP contribution in [0.15, 0.2) is 16.6 Å². The maximum atomic E-state index is 5.94. The Morgan fingerprint density at radius 1 is 1.19 bits per heavy atom. The van der Waals surface area contributed by atoms with Crippen LogP contribution in [0.5, 0.6) is 5.88 Å². The van der Waals surface area contributed by atoms with Crippen molar-refractivity contribution >= 4 is 15.9 Å². The summed E-state index contributed by atoms with van der Waals surface area (Å²) in [4.78, 5) is 4.43. The average molecular weight is 284 g/mol. The summed E-state index contributed by atoms with van der Waals surface area (Å²) in [5.74, 6) is 0.771. The average Bonchev–Trinajstić information content (AvgIpc) is 2.52. The van der Waals surface area contributed by atoms with E-state index in [-0.39, 0.29) is 0 Å². The minimum absolute atomic E-state index is 0.371. The number of hydrogen-bond acceptors (Lipinski definition) is 2. The quantitative estimate of drug-likeness (QED) is 0.757. The molecule has 0 unspecified atom stereocenters. The first-order valence-electron chi connectivity index (χ1n) is 6.05. The standard InChI is InChI=1S/C13H18BrNO/c1-10-12(14)8-9-13(15-10)16-11-6-4-2-3-5-7-11/h8-9,11H,2-7H2,1H3. The number of nitrogens with zero attached hydrogens (tertiary/aromatic N) is 1. The maximum Gasteiger partial charge on any atom is 0.213 e. The van der Waals surface area contributed by atoms with Crippen LogP contribution in [-0.2, 0) is 0 Å². The minimum Gasteiger partial charge on any atom is -0.474 e. The van der Waals surface area contributed by atoms with Gasteiger partial charge in [0, 0.05) is 10.5 Å². The fourth-order valence-electron chi connectivity index (χ4n) is 2.12. The van der Waals surface area contributed by atoms with Gasteiger partial charge in [0.05, 0.1) is 5.69 Å². The van der Waals surface area contributed by atoms with Gasteiger partial charge in [-0.3, -0.25) is 0 Å². The normalized spacial score (nSPS) is 18.1. The summed E-state index contributed by atoms with van der Waals surface area (Å²) in [5, 5.41) is 0. The van der Waals surface area contributed by atoms with Crippen LogP contribution in [0.25, 0.3) is 0 Å². The van der Waals surface area contributed by atoms with E-state index in [9.17, 15) is 0 Å². The van der Waals surface area contributed by atoms with Crippen LogP contribution >= 0.6 is 15.9 Å². The first-order chi connectivity index (χ1) is 7.75. The SMILES string of the molecule is Cc1nc(OC2CCCCCC2)ccc1Br. The Labute approximate surface area is 106 Å².